The lowest BCUT2D eigenvalue weighted by Gasteiger charge is -2.14. The predicted molar refractivity (Wildman–Crippen MR) is 131 cm³/mol. The molecule has 2 N–H and O–H groups in total. The van der Waals surface area contributed by atoms with Crippen LogP contribution in [0.5, 0.6) is 11.5 Å². The van der Waals surface area contributed by atoms with E-state index >= 15 is 0 Å². The molecule has 0 atom stereocenters. The Morgan fingerprint density at radius 2 is 1.82 bits per heavy atom. The molecule has 0 fully saturated rings. The molecular formula is C23H25F3IN3O4. The molecule has 34 heavy (non-hydrogen) atoms. The van der Waals surface area contributed by atoms with Crippen LogP contribution in [0.4, 0.5) is 18.9 Å². The molecule has 2 amide bonds. The first kappa shape index (κ1) is 27.4. The number of nitrogens with one attached hydrogen (secondary N) is 2. The number of anilines is 1. The van der Waals surface area contributed by atoms with Crippen LogP contribution in [0.2, 0.25) is 0 Å². The van der Waals surface area contributed by atoms with Crippen molar-refractivity contribution in [1.29, 1.82) is 0 Å². The van der Waals surface area contributed by atoms with Gasteiger partial charge in [0.1, 0.15) is 0 Å². The van der Waals surface area contributed by atoms with Gasteiger partial charge in [-0.2, -0.15) is 18.3 Å². The molecule has 2 aromatic rings. The molecule has 0 unspecified atom stereocenters. The fourth-order valence-electron chi connectivity index (χ4n) is 2.73. The fourth-order valence-corrected chi connectivity index (χ4v) is 3.51. The Labute approximate surface area is 209 Å². The second kappa shape index (κ2) is 13.2. The molecule has 0 aliphatic rings. The lowest BCUT2D eigenvalue weighted by atomic mass is 10.2. The number of carbonyl (C=O) groups is 2. The van der Waals surface area contributed by atoms with E-state index in [2.05, 4.69) is 38.4 Å². The smallest absolute Gasteiger partial charge is 0.416 e. The number of halogens is 4. The average molecular weight is 591 g/mol. The van der Waals surface area contributed by atoms with Gasteiger partial charge in [0.15, 0.2) is 11.5 Å². The number of nitrogens with zero attached hydrogens (tertiary/aromatic N) is 1. The second-order valence-corrected chi connectivity index (χ2v) is 8.19. The number of rotatable bonds is 11. The van der Waals surface area contributed by atoms with E-state index in [4.69, 9.17) is 9.47 Å². The Hall–Kier alpha value is -2.83. The molecule has 0 bridgehead atoms. The number of carbonyl (C=O) groups excluding carboxylic acids is 2. The molecule has 0 radical (unpaired) electrons. The highest BCUT2D eigenvalue weighted by Crippen LogP contribution is 2.34. The summed E-state index contributed by atoms with van der Waals surface area (Å²) in [6, 6.07) is 7.85. The van der Waals surface area contributed by atoms with Crippen molar-refractivity contribution < 1.29 is 32.2 Å². The van der Waals surface area contributed by atoms with Gasteiger partial charge in [-0.05, 0) is 71.8 Å². The van der Waals surface area contributed by atoms with Crippen molar-refractivity contribution in [2.75, 3.05) is 18.5 Å². The SMILES string of the molecule is CCCOc1c(I)cc(C=NNC(=O)CCC(=O)Nc2cccc(C(F)(F)F)c2)cc1OCC. The van der Waals surface area contributed by atoms with E-state index in [1.165, 1.54) is 18.3 Å². The molecule has 2 rings (SSSR count). The van der Waals surface area contributed by atoms with Crippen LogP contribution < -0.4 is 20.2 Å². The maximum Gasteiger partial charge on any atom is 0.416 e. The van der Waals surface area contributed by atoms with E-state index in [1.54, 1.807) is 6.07 Å². The maximum atomic E-state index is 12.8. The monoisotopic (exact) mass is 591 g/mol. The topological polar surface area (TPSA) is 89.0 Å². The maximum absolute atomic E-state index is 12.8. The van der Waals surface area contributed by atoms with Gasteiger partial charge in [0.25, 0.3) is 0 Å². The van der Waals surface area contributed by atoms with Gasteiger partial charge in [-0.15, -0.1) is 0 Å². The van der Waals surface area contributed by atoms with Crippen molar-refractivity contribution in [1.82, 2.24) is 5.43 Å². The molecule has 11 heteroatoms. The number of hydrogen-bond donors (Lipinski definition) is 2. The van der Waals surface area contributed by atoms with Gasteiger partial charge in [0, 0.05) is 18.5 Å². The molecule has 0 saturated carbocycles. The average Bonchev–Trinajstić information content (AvgIpc) is 2.77. The van der Waals surface area contributed by atoms with Gasteiger partial charge >= 0.3 is 6.18 Å². The summed E-state index contributed by atoms with van der Waals surface area (Å²) in [6.07, 6.45) is -2.62. The number of alkyl halides is 3. The van der Waals surface area contributed by atoms with Crippen molar-refractivity contribution in [2.45, 2.75) is 39.3 Å². The molecule has 0 aliphatic carbocycles. The first-order chi connectivity index (χ1) is 16.1. The summed E-state index contributed by atoms with van der Waals surface area (Å²) in [5.74, 6) is 0.120. The zero-order valence-corrected chi connectivity index (χ0v) is 20.8. The fraction of sp³-hybridized carbons (Fsp3) is 0.348. The van der Waals surface area contributed by atoms with Crippen LogP contribution >= 0.6 is 22.6 Å². The molecule has 0 saturated heterocycles. The van der Waals surface area contributed by atoms with Crippen LogP contribution in [0.25, 0.3) is 0 Å². The zero-order valence-electron chi connectivity index (χ0n) is 18.7. The summed E-state index contributed by atoms with van der Waals surface area (Å²) in [5.41, 5.74) is 2.14. The number of ether oxygens (including phenoxy) is 2. The summed E-state index contributed by atoms with van der Waals surface area (Å²) in [5, 5.41) is 6.25. The Bertz CT molecular complexity index is 1030. The predicted octanol–water partition coefficient (Wildman–Crippen LogP) is 5.37. The van der Waals surface area contributed by atoms with E-state index < -0.39 is 23.6 Å². The van der Waals surface area contributed by atoms with Crippen molar-refractivity contribution in [2.24, 2.45) is 5.10 Å². The Morgan fingerprint density at radius 3 is 2.50 bits per heavy atom. The van der Waals surface area contributed by atoms with Crippen molar-refractivity contribution in [3.05, 3.63) is 51.1 Å². The van der Waals surface area contributed by atoms with Gasteiger partial charge in [0.2, 0.25) is 11.8 Å². The van der Waals surface area contributed by atoms with Crippen LogP contribution in [0.1, 0.15) is 44.2 Å². The van der Waals surface area contributed by atoms with Crippen LogP contribution in [0.3, 0.4) is 0 Å². The van der Waals surface area contributed by atoms with Crippen LogP contribution in [0, 0.1) is 3.57 Å². The lowest BCUT2D eigenvalue weighted by Crippen LogP contribution is -2.20. The molecule has 0 aliphatic heterocycles. The standard InChI is InChI=1S/C23H25F3IN3O4/c1-3-10-34-22-18(27)11-15(12-19(22)33-4-2)14-28-30-21(32)9-8-20(31)29-17-7-5-6-16(13-17)23(24,25)26/h5-7,11-14H,3-4,8-10H2,1-2H3,(H,29,31)(H,30,32). The minimum absolute atomic E-state index is 0.00400. The summed E-state index contributed by atoms with van der Waals surface area (Å²) in [4.78, 5) is 24.0. The van der Waals surface area contributed by atoms with Gasteiger partial charge in [0.05, 0.1) is 28.6 Å². The first-order valence-electron chi connectivity index (χ1n) is 10.5. The summed E-state index contributed by atoms with van der Waals surface area (Å²) in [6.45, 7) is 4.88. The minimum Gasteiger partial charge on any atom is -0.490 e. The van der Waals surface area contributed by atoms with Gasteiger partial charge < -0.3 is 14.8 Å². The van der Waals surface area contributed by atoms with E-state index in [-0.39, 0.29) is 18.5 Å². The van der Waals surface area contributed by atoms with E-state index in [1.807, 2.05) is 19.9 Å². The summed E-state index contributed by atoms with van der Waals surface area (Å²) in [7, 11) is 0. The molecular weight excluding hydrogens is 566 g/mol. The summed E-state index contributed by atoms with van der Waals surface area (Å²) < 4.78 is 50.5. The molecule has 2 aromatic carbocycles. The molecule has 0 heterocycles. The van der Waals surface area contributed by atoms with Gasteiger partial charge in [-0.3, -0.25) is 9.59 Å². The van der Waals surface area contributed by atoms with E-state index in [0.29, 0.717) is 30.3 Å². The highest BCUT2D eigenvalue weighted by molar-refractivity contribution is 14.1. The van der Waals surface area contributed by atoms with Gasteiger partial charge in [-0.25, -0.2) is 5.43 Å². The largest absolute Gasteiger partial charge is 0.490 e. The third kappa shape index (κ3) is 8.84. The normalized spacial score (nSPS) is 11.4. The highest BCUT2D eigenvalue weighted by Gasteiger charge is 2.30. The van der Waals surface area contributed by atoms with Crippen LogP contribution in [-0.4, -0.2) is 31.2 Å². The van der Waals surface area contributed by atoms with E-state index in [9.17, 15) is 22.8 Å². The van der Waals surface area contributed by atoms with Crippen LogP contribution in [0.15, 0.2) is 41.5 Å². The molecule has 184 valence electrons. The molecule has 0 aromatic heterocycles. The quantitative estimate of drug-likeness (QED) is 0.209. The third-order valence-electron chi connectivity index (χ3n) is 4.24. The van der Waals surface area contributed by atoms with Crippen molar-refractivity contribution >= 4 is 46.3 Å². The van der Waals surface area contributed by atoms with Crippen molar-refractivity contribution in [3.63, 3.8) is 0 Å². The number of hydrazone groups is 1. The Balaban J connectivity index is 1.89. The molecule has 7 nitrogen and oxygen atoms in total. The highest BCUT2D eigenvalue weighted by atomic mass is 127. The number of amides is 2. The van der Waals surface area contributed by atoms with E-state index in [0.717, 1.165) is 22.1 Å². The summed E-state index contributed by atoms with van der Waals surface area (Å²) >= 11 is 2.13. The van der Waals surface area contributed by atoms with Crippen LogP contribution in [-0.2, 0) is 15.8 Å². The third-order valence-corrected chi connectivity index (χ3v) is 5.04. The van der Waals surface area contributed by atoms with Gasteiger partial charge in [-0.1, -0.05) is 13.0 Å². The molecule has 0 spiro atoms. The van der Waals surface area contributed by atoms with Crippen molar-refractivity contribution in [3.8, 4) is 11.5 Å². The Morgan fingerprint density at radius 1 is 1.09 bits per heavy atom. The first-order valence-corrected chi connectivity index (χ1v) is 11.6. The number of hydrogen-bond acceptors (Lipinski definition) is 5. The minimum atomic E-state index is -4.51. The Kier molecular flexibility index (Phi) is 10.6. The lowest BCUT2D eigenvalue weighted by molar-refractivity contribution is -0.137. The zero-order chi connectivity index (χ0) is 25.1. The number of benzene rings is 2. The second-order valence-electron chi connectivity index (χ2n) is 7.03.